The number of carbonyl (C=O) groups is 6. The van der Waals surface area contributed by atoms with Gasteiger partial charge in [0.1, 0.15) is 18.2 Å². The van der Waals surface area contributed by atoms with E-state index in [0.29, 0.717) is 11.1 Å². The molecule has 1 saturated heterocycles. The minimum absolute atomic E-state index is 0.0399. The van der Waals surface area contributed by atoms with Gasteiger partial charge in [-0.2, -0.15) is 0 Å². The molecule has 0 aliphatic carbocycles. The molecule has 3 aromatic carbocycles. The van der Waals surface area contributed by atoms with Gasteiger partial charge in [-0.15, -0.1) is 0 Å². The molecule has 3 N–H and O–H groups in total. The second kappa shape index (κ2) is 12.0. The molecule has 2 aromatic heterocycles. The number of pyridine rings is 1. The number of nitrogens with one attached hydrogen (secondary N) is 3. The molecule has 12 nitrogen and oxygen atoms in total. The summed E-state index contributed by atoms with van der Waals surface area (Å²) in [4.78, 5) is 81.0. The van der Waals surface area contributed by atoms with Gasteiger partial charge in [-0.1, -0.05) is 36.4 Å². The van der Waals surface area contributed by atoms with Gasteiger partial charge in [0.05, 0.1) is 16.6 Å². The average Bonchev–Trinajstić information content (AvgIpc) is 3.53. The third kappa shape index (κ3) is 5.50. The molecule has 0 radical (unpaired) electrons. The van der Waals surface area contributed by atoms with Crippen molar-refractivity contribution in [1.82, 2.24) is 30.4 Å². The third-order valence-electron chi connectivity index (χ3n) is 8.49. The van der Waals surface area contributed by atoms with Crippen molar-refractivity contribution in [1.29, 1.82) is 0 Å². The van der Waals surface area contributed by atoms with Crippen LogP contribution >= 0.6 is 0 Å². The summed E-state index contributed by atoms with van der Waals surface area (Å²) in [5.74, 6) is -2.82. The van der Waals surface area contributed by atoms with Crippen molar-refractivity contribution < 1.29 is 28.8 Å². The van der Waals surface area contributed by atoms with Gasteiger partial charge >= 0.3 is 0 Å². The molecule has 2 aliphatic rings. The average molecular weight is 629 g/mol. The molecular weight excluding hydrogens is 600 g/mol. The molecule has 7 rings (SSSR count). The fraction of sp³-hybridized carbons (Fsp3) is 0.171. The molecule has 4 heterocycles. The molecule has 1 unspecified atom stereocenters. The largest absolute Gasteiger partial charge is 0.350 e. The number of hydrogen-bond donors (Lipinski definition) is 3. The Morgan fingerprint density at radius 3 is 2.34 bits per heavy atom. The van der Waals surface area contributed by atoms with E-state index in [1.54, 1.807) is 36.5 Å². The molecule has 6 amide bonds. The number of benzene rings is 3. The lowest BCUT2D eigenvalue weighted by Crippen LogP contribution is -2.54. The summed E-state index contributed by atoms with van der Waals surface area (Å²) in [7, 11) is 0. The van der Waals surface area contributed by atoms with Crippen molar-refractivity contribution >= 4 is 57.4 Å². The lowest BCUT2D eigenvalue weighted by Gasteiger charge is -2.27. The van der Waals surface area contributed by atoms with Crippen LogP contribution in [0.25, 0.3) is 21.9 Å². The fourth-order valence-corrected chi connectivity index (χ4v) is 6.12. The maximum absolute atomic E-state index is 13.1. The predicted molar refractivity (Wildman–Crippen MR) is 170 cm³/mol. The first-order valence-electron chi connectivity index (χ1n) is 15.1. The van der Waals surface area contributed by atoms with Crippen LogP contribution in [0.2, 0.25) is 0 Å². The topological polar surface area (TPSA) is 160 Å². The van der Waals surface area contributed by atoms with Gasteiger partial charge in [0.2, 0.25) is 17.7 Å². The summed E-state index contributed by atoms with van der Waals surface area (Å²) in [5.41, 5.74) is 3.82. The number of fused-ring (bicyclic) bond motifs is 4. The summed E-state index contributed by atoms with van der Waals surface area (Å²) in [6, 6.07) is 22.2. The van der Waals surface area contributed by atoms with Crippen molar-refractivity contribution in [3.05, 3.63) is 113 Å². The van der Waals surface area contributed by atoms with Crippen molar-refractivity contribution in [2.75, 3.05) is 0 Å². The molecule has 0 spiro atoms. The van der Waals surface area contributed by atoms with Crippen molar-refractivity contribution in [2.45, 2.75) is 38.5 Å². The molecule has 47 heavy (non-hydrogen) atoms. The van der Waals surface area contributed by atoms with Crippen molar-refractivity contribution in [3.8, 4) is 0 Å². The molecule has 5 aromatic rings. The highest BCUT2D eigenvalue weighted by Gasteiger charge is 2.44. The summed E-state index contributed by atoms with van der Waals surface area (Å²) in [5, 5.41) is 9.95. The van der Waals surface area contributed by atoms with Gasteiger partial charge in [-0.05, 0) is 60.0 Å². The van der Waals surface area contributed by atoms with Crippen LogP contribution in [0.15, 0.2) is 85.1 Å². The Balaban J connectivity index is 0.944. The standard InChI is InChI=1S/C35H28N6O6/c42-29-14-13-28(33(45)39-29)41-34(46)25-12-9-21(16-26(25)35(41)47)18-38-32(44)22-10-7-20(8-11-22)17-37-30(43)19-40-27-6-2-1-4-23(27)24-5-3-15-36-31(24)40/h1-12,15-16,28H,13-14,17-19H2,(H,37,43)(H,38,44)(H,39,42,45). The van der Waals surface area contributed by atoms with E-state index >= 15 is 0 Å². The monoisotopic (exact) mass is 628 g/mol. The number of amides is 6. The SMILES string of the molecule is O=C(Cn1c2ccccc2c2cccnc21)NCc1ccc(C(=O)NCc2ccc3c(c2)C(=O)N(C2CCC(=O)NC2=O)C3=O)cc1. The lowest BCUT2D eigenvalue weighted by molar-refractivity contribution is -0.136. The highest BCUT2D eigenvalue weighted by molar-refractivity contribution is 6.23. The van der Waals surface area contributed by atoms with E-state index in [0.717, 1.165) is 32.4 Å². The zero-order valence-electron chi connectivity index (χ0n) is 25.0. The molecular formula is C35H28N6O6. The molecule has 2 aliphatic heterocycles. The van der Waals surface area contributed by atoms with Gasteiger partial charge < -0.3 is 15.2 Å². The number of carbonyl (C=O) groups excluding carboxylic acids is 6. The first-order chi connectivity index (χ1) is 22.8. The number of piperidine rings is 1. The van der Waals surface area contributed by atoms with E-state index in [1.807, 2.05) is 41.0 Å². The van der Waals surface area contributed by atoms with E-state index in [-0.39, 0.29) is 55.4 Å². The van der Waals surface area contributed by atoms with Crippen LogP contribution in [-0.2, 0) is 34.0 Å². The zero-order chi connectivity index (χ0) is 32.7. The van der Waals surface area contributed by atoms with Crippen LogP contribution in [0.3, 0.4) is 0 Å². The number of nitrogens with zero attached hydrogens (tertiary/aromatic N) is 3. The molecule has 0 bridgehead atoms. The van der Waals surface area contributed by atoms with E-state index in [2.05, 4.69) is 20.9 Å². The normalized spacial score (nSPS) is 16.0. The van der Waals surface area contributed by atoms with Gasteiger partial charge in [0.25, 0.3) is 17.7 Å². The van der Waals surface area contributed by atoms with Gasteiger partial charge in [-0.25, -0.2) is 4.98 Å². The molecule has 1 fully saturated rings. The minimum atomic E-state index is -1.04. The van der Waals surface area contributed by atoms with E-state index in [4.69, 9.17) is 0 Å². The van der Waals surface area contributed by atoms with Crippen LogP contribution < -0.4 is 16.0 Å². The van der Waals surface area contributed by atoms with Crippen molar-refractivity contribution in [2.24, 2.45) is 0 Å². The summed E-state index contributed by atoms with van der Waals surface area (Å²) in [6.07, 6.45) is 1.82. The molecule has 1 atom stereocenters. The molecule has 234 valence electrons. The molecule has 0 saturated carbocycles. The Morgan fingerprint density at radius 2 is 1.53 bits per heavy atom. The number of aromatic nitrogens is 2. The lowest BCUT2D eigenvalue weighted by atomic mass is 10.0. The van der Waals surface area contributed by atoms with Crippen LogP contribution in [0, 0.1) is 0 Å². The first-order valence-corrected chi connectivity index (χ1v) is 15.1. The third-order valence-corrected chi connectivity index (χ3v) is 8.49. The number of rotatable bonds is 8. The minimum Gasteiger partial charge on any atom is -0.350 e. The second-order valence-corrected chi connectivity index (χ2v) is 11.5. The van der Waals surface area contributed by atoms with Gasteiger partial charge in [0.15, 0.2) is 0 Å². The Morgan fingerprint density at radius 1 is 0.809 bits per heavy atom. The Bertz CT molecular complexity index is 2080. The summed E-state index contributed by atoms with van der Waals surface area (Å²) in [6.45, 7) is 0.489. The number of para-hydroxylation sites is 1. The summed E-state index contributed by atoms with van der Waals surface area (Å²) >= 11 is 0. The maximum atomic E-state index is 13.1. The molecule has 12 heteroatoms. The van der Waals surface area contributed by atoms with Gasteiger partial charge in [-0.3, -0.25) is 39.0 Å². The zero-order valence-corrected chi connectivity index (χ0v) is 25.0. The van der Waals surface area contributed by atoms with E-state index in [9.17, 15) is 28.8 Å². The highest BCUT2D eigenvalue weighted by atomic mass is 16.2. The van der Waals surface area contributed by atoms with Crippen LogP contribution in [0.1, 0.15) is 55.0 Å². The Kier molecular flexibility index (Phi) is 7.52. The van der Waals surface area contributed by atoms with Crippen molar-refractivity contribution in [3.63, 3.8) is 0 Å². The second-order valence-electron chi connectivity index (χ2n) is 11.5. The van der Waals surface area contributed by atoms with Gasteiger partial charge in [0, 0.05) is 42.0 Å². The highest BCUT2D eigenvalue weighted by Crippen LogP contribution is 2.29. The quantitative estimate of drug-likeness (QED) is 0.223. The van der Waals surface area contributed by atoms with Crippen LogP contribution in [-0.4, -0.2) is 55.9 Å². The van der Waals surface area contributed by atoms with Crippen LogP contribution in [0.4, 0.5) is 0 Å². The Hall–Kier alpha value is -6.17. The van der Waals surface area contributed by atoms with Crippen LogP contribution in [0.5, 0.6) is 0 Å². The smallest absolute Gasteiger partial charge is 0.262 e. The number of imide groups is 2. The number of hydrogen-bond acceptors (Lipinski definition) is 7. The Labute approximate surface area is 267 Å². The maximum Gasteiger partial charge on any atom is 0.262 e. The van der Waals surface area contributed by atoms with E-state index in [1.165, 1.54) is 12.1 Å². The predicted octanol–water partition coefficient (Wildman–Crippen LogP) is 2.84. The summed E-state index contributed by atoms with van der Waals surface area (Å²) < 4.78 is 1.90. The fourth-order valence-electron chi connectivity index (χ4n) is 6.12. The first kappa shape index (κ1) is 29.5. The van der Waals surface area contributed by atoms with E-state index < -0.39 is 29.7 Å².